The maximum absolute atomic E-state index is 10.7. The van der Waals surface area contributed by atoms with Crippen molar-refractivity contribution in [2.75, 3.05) is 0 Å². The molecule has 29 heavy (non-hydrogen) atoms. The zero-order chi connectivity index (χ0) is 21.7. The Morgan fingerprint density at radius 3 is 0.966 bits per heavy atom. The van der Waals surface area contributed by atoms with Crippen molar-refractivity contribution in [3.05, 3.63) is 24.7 Å². The van der Waals surface area contributed by atoms with Gasteiger partial charge in [0.15, 0.2) is 11.2 Å². The van der Waals surface area contributed by atoms with Crippen LogP contribution in [0.5, 0.6) is 0 Å². The van der Waals surface area contributed by atoms with Gasteiger partial charge in [-0.15, -0.1) is 0 Å². The van der Waals surface area contributed by atoms with Crippen LogP contribution in [0.2, 0.25) is 0 Å². The van der Waals surface area contributed by atoms with Gasteiger partial charge in [-0.2, -0.15) is 0 Å². The van der Waals surface area contributed by atoms with E-state index in [1.807, 2.05) is 0 Å². The van der Waals surface area contributed by atoms with Gasteiger partial charge in [0.1, 0.15) is 0 Å². The van der Waals surface area contributed by atoms with Crippen LogP contribution in [-0.4, -0.2) is 21.4 Å². The van der Waals surface area contributed by atoms with E-state index in [2.05, 4.69) is 22.2 Å². The monoisotopic (exact) mass is 647 g/mol. The third-order valence-electron chi connectivity index (χ3n) is 1.70. The van der Waals surface area contributed by atoms with E-state index >= 15 is 0 Å². The van der Waals surface area contributed by atoms with E-state index in [1.165, 1.54) is 0 Å². The first-order valence-corrected chi connectivity index (χ1v) is 12.3. The van der Waals surface area contributed by atoms with E-state index in [-0.39, 0.29) is 62.7 Å². The zero-order valence-corrected chi connectivity index (χ0v) is 20.5. The molecule has 21 heteroatoms. The molecule has 4 atom stereocenters. The van der Waals surface area contributed by atoms with Crippen LogP contribution in [0, 0.1) is 0 Å². The summed E-state index contributed by atoms with van der Waals surface area (Å²) < 4.78 is 49.4. The summed E-state index contributed by atoms with van der Waals surface area (Å²) in [5.41, 5.74) is -6.15. The molecule has 0 rings (SSSR count). The van der Waals surface area contributed by atoms with E-state index in [4.69, 9.17) is 10.2 Å². The molecule has 0 saturated heterocycles. The van der Waals surface area contributed by atoms with Gasteiger partial charge >= 0.3 is 51.2 Å². The topological polar surface area (TPSA) is 266 Å². The smallest absolute Gasteiger partial charge is 0.809 e. The maximum atomic E-state index is 10.7. The van der Waals surface area contributed by atoms with Crippen LogP contribution in [0.25, 0.3) is 0 Å². The SMILES string of the molecule is C=C(C)OP(=O)([O-])C(O)P(=O)([O-])[O-].C=C(C)OP(=O)([O-])C(O)P(=O)([O-])[O-].[Cu+2].[Cu+2].[Cu+2]. The van der Waals surface area contributed by atoms with Crippen LogP contribution in [0.1, 0.15) is 13.8 Å². The van der Waals surface area contributed by atoms with Gasteiger partial charge in [-0.25, -0.2) is 0 Å². The number of aliphatic hydroxyl groups is 2. The molecule has 3 radical (unpaired) electrons. The molecule has 2 N–H and O–H groups in total. The molecule has 0 aliphatic heterocycles. The summed E-state index contributed by atoms with van der Waals surface area (Å²) in [7, 11) is -21.5. The van der Waals surface area contributed by atoms with Gasteiger partial charge in [0.05, 0.1) is 11.5 Å². The van der Waals surface area contributed by atoms with Gasteiger partial charge in [0.2, 0.25) is 15.2 Å². The standard InChI is InChI=1S/2C4H10O7P2.3Cu/c2*1-3(2)11-13(9,10)4(5)12(6,7)8;;;/h2*4-5H,1H2,2H3,(H,9,10)(H2,6,7,8);;;/q;;3*+2/p-6. The summed E-state index contributed by atoms with van der Waals surface area (Å²) in [5.74, 6) is -0.684. The fraction of sp³-hybridized carbons (Fsp3) is 0.500. The van der Waals surface area contributed by atoms with Crippen molar-refractivity contribution in [2.24, 2.45) is 0 Å². The number of hydrogen-bond acceptors (Lipinski definition) is 14. The van der Waals surface area contributed by atoms with E-state index < -0.39 is 41.6 Å². The van der Waals surface area contributed by atoms with Crippen molar-refractivity contribution in [1.29, 1.82) is 0 Å². The molecule has 0 heterocycles. The molecule has 0 spiro atoms. The van der Waals surface area contributed by atoms with Crippen LogP contribution in [0.15, 0.2) is 24.7 Å². The molecular formula is C8H14Cu3O14P4. The minimum absolute atomic E-state index is 0. The van der Waals surface area contributed by atoms with Crippen molar-refractivity contribution in [3.8, 4) is 0 Å². The van der Waals surface area contributed by atoms with Crippen LogP contribution >= 0.6 is 30.4 Å². The Labute approximate surface area is 197 Å². The molecule has 0 saturated carbocycles. The maximum Gasteiger partial charge on any atom is 2.00 e. The predicted molar refractivity (Wildman–Crippen MR) is 74.2 cm³/mol. The fourth-order valence-corrected chi connectivity index (χ4v) is 4.99. The number of hydrogen-bond donors (Lipinski definition) is 2. The Morgan fingerprint density at radius 2 is 0.862 bits per heavy atom. The Balaban J connectivity index is -0.000000120. The normalized spacial score (nSPS) is 16.9. The van der Waals surface area contributed by atoms with Crippen molar-refractivity contribution < 1.29 is 118 Å². The van der Waals surface area contributed by atoms with Gasteiger partial charge in [-0.05, 0) is 29.0 Å². The van der Waals surface area contributed by atoms with Gasteiger partial charge in [0.25, 0.3) is 0 Å². The molecular weight excluding hydrogens is 635 g/mol. The van der Waals surface area contributed by atoms with Crippen LogP contribution in [0.3, 0.4) is 0 Å². The second kappa shape index (κ2) is 15.1. The molecule has 14 nitrogen and oxygen atoms in total. The van der Waals surface area contributed by atoms with Crippen LogP contribution in [0.4, 0.5) is 0 Å². The largest absolute Gasteiger partial charge is 2.00 e. The summed E-state index contributed by atoms with van der Waals surface area (Å²) in [6, 6.07) is 0. The minimum Gasteiger partial charge on any atom is -0.809 e. The Hall–Kier alpha value is 1.24. The van der Waals surface area contributed by atoms with Gasteiger partial charge < -0.3 is 57.8 Å². The Kier molecular flexibility index (Phi) is 21.2. The molecule has 183 valence electrons. The zero-order valence-electron chi connectivity index (χ0n) is 14.1. The molecule has 0 fully saturated rings. The first kappa shape index (κ1) is 40.6. The van der Waals surface area contributed by atoms with Gasteiger partial charge in [-0.3, -0.25) is 9.13 Å². The van der Waals surface area contributed by atoms with E-state index in [0.29, 0.717) is 0 Å². The Morgan fingerprint density at radius 1 is 0.690 bits per heavy atom. The molecule has 0 aromatic carbocycles. The van der Waals surface area contributed by atoms with Crippen LogP contribution < -0.4 is 29.4 Å². The average Bonchev–Trinajstić information content (AvgIpc) is 2.32. The summed E-state index contributed by atoms with van der Waals surface area (Å²) in [6.07, 6.45) is 0. The molecule has 0 aromatic rings. The van der Waals surface area contributed by atoms with Crippen molar-refractivity contribution in [2.45, 2.75) is 25.0 Å². The molecule has 0 aliphatic rings. The number of aliphatic hydroxyl groups excluding tert-OH is 2. The van der Waals surface area contributed by atoms with Gasteiger partial charge in [-0.1, -0.05) is 13.2 Å². The summed E-state index contributed by atoms with van der Waals surface area (Å²) >= 11 is 0. The fourth-order valence-electron chi connectivity index (χ4n) is 0.875. The average molecular weight is 649 g/mol. The molecule has 0 bridgehead atoms. The first-order chi connectivity index (χ1) is 11.1. The van der Waals surface area contributed by atoms with Crippen molar-refractivity contribution in [3.63, 3.8) is 0 Å². The Bertz CT molecular complexity index is 656. The molecule has 0 amide bonds. The second-order valence-corrected chi connectivity index (χ2v) is 11.9. The minimum atomic E-state index is -5.62. The van der Waals surface area contributed by atoms with Crippen molar-refractivity contribution >= 4 is 30.4 Å². The molecule has 0 aromatic heterocycles. The van der Waals surface area contributed by atoms with Crippen molar-refractivity contribution in [1.82, 2.24) is 0 Å². The number of rotatable bonds is 8. The first-order valence-electron chi connectivity index (χ1n) is 5.86. The van der Waals surface area contributed by atoms with E-state index in [9.17, 15) is 47.6 Å². The number of allylic oxidation sites excluding steroid dienone is 2. The molecule has 4 unspecified atom stereocenters. The third kappa shape index (κ3) is 17.5. The quantitative estimate of drug-likeness (QED) is 0.147. The predicted octanol–water partition coefficient (Wildman–Crippen LogP) is -3.45. The molecule has 0 aliphatic carbocycles. The second-order valence-electron chi connectivity index (χ2n) is 4.44. The van der Waals surface area contributed by atoms with E-state index in [1.54, 1.807) is 0 Å². The summed E-state index contributed by atoms with van der Waals surface area (Å²) in [5, 5.41) is 17.1. The van der Waals surface area contributed by atoms with E-state index in [0.717, 1.165) is 13.8 Å². The van der Waals surface area contributed by atoms with Gasteiger partial charge in [0, 0.05) is 0 Å². The summed E-state index contributed by atoms with van der Waals surface area (Å²) in [6.45, 7) is 8.26. The summed E-state index contributed by atoms with van der Waals surface area (Å²) in [4.78, 5) is 61.8. The third-order valence-corrected chi connectivity index (χ3v) is 8.49. The van der Waals surface area contributed by atoms with Crippen LogP contribution in [-0.2, 0) is 78.5 Å².